The average molecular weight is 420 g/mol. The molecule has 1 unspecified atom stereocenters. The van der Waals surface area contributed by atoms with Gasteiger partial charge in [0.05, 0.1) is 0 Å². The summed E-state index contributed by atoms with van der Waals surface area (Å²) in [6, 6.07) is 11.9. The van der Waals surface area contributed by atoms with Crippen molar-refractivity contribution in [3.05, 3.63) is 53.3 Å². The van der Waals surface area contributed by atoms with E-state index in [1.807, 2.05) is 43.3 Å². The van der Waals surface area contributed by atoms with Crippen molar-refractivity contribution in [2.24, 2.45) is 4.99 Å². The van der Waals surface area contributed by atoms with Gasteiger partial charge in [0.25, 0.3) is 0 Å². The number of tetrazole rings is 1. The Hall–Kier alpha value is -3.10. The topological polar surface area (TPSA) is 68.4 Å². The predicted molar refractivity (Wildman–Crippen MR) is 107 cm³/mol. The molecule has 1 aromatic heterocycles. The van der Waals surface area contributed by atoms with Gasteiger partial charge in [-0.25, -0.2) is 0 Å². The Labute approximate surface area is 165 Å². The molecule has 27 heavy (non-hydrogen) atoms. The number of methoxy groups -OCH3 is 1. The van der Waals surface area contributed by atoms with E-state index in [1.54, 1.807) is 11.8 Å². The first-order valence-electron chi connectivity index (χ1n) is 8.24. The van der Waals surface area contributed by atoms with Crippen LogP contribution >= 0.6 is 0 Å². The second-order valence-electron chi connectivity index (χ2n) is 6.02. The summed E-state index contributed by atoms with van der Waals surface area (Å²) < 4.78 is 8.15. The van der Waals surface area contributed by atoms with Crippen molar-refractivity contribution >= 4 is 32.9 Å². The van der Waals surface area contributed by atoms with Crippen molar-refractivity contribution in [2.45, 2.75) is 13.5 Å². The number of benzene rings is 2. The zero-order valence-corrected chi connectivity index (χ0v) is 17.3. The van der Waals surface area contributed by atoms with Crippen molar-refractivity contribution in [1.29, 1.82) is 0 Å². The molecule has 7 nitrogen and oxygen atoms in total. The fourth-order valence-electron chi connectivity index (χ4n) is 3.06. The third-order valence-electron chi connectivity index (χ3n) is 4.37. The minimum absolute atomic E-state index is 0.623. The SMILES string of the molecule is C#Cc1ccc2c(c1)CN=C([AsH2])N2c1cc(OC)cc(-n2nnnc2C)c1. The van der Waals surface area contributed by atoms with Gasteiger partial charge in [-0.2, -0.15) is 0 Å². The van der Waals surface area contributed by atoms with Gasteiger partial charge < -0.3 is 0 Å². The number of fused-ring (bicyclic) bond motifs is 1. The molecule has 4 rings (SSSR count). The molecule has 0 amide bonds. The second kappa shape index (κ2) is 6.90. The third-order valence-corrected chi connectivity index (χ3v) is 5.29. The number of aryl methyl sites for hydroxylation is 1. The van der Waals surface area contributed by atoms with Gasteiger partial charge in [0.15, 0.2) is 0 Å². The maximum atomic E-state index is 5.55. The monoisotopic (exact) mass is 420 g/mol. The Balaban J connectivity index is 1.88. The fourth-order valence-corrected chi connectivity index (χ4v) is 3.86. The van der Waals surface area contributed by atoms with E-state index < -0.39 is 0 Å². The van der Waals surface area contributed by atoms with Gasteiger partial charge in [0.2, 0.25) is 0 Å². The summed E-state index contributed by atoms with van der Waals surface area (Å²) in [5, 5.41) is 11.8. The Morgan fingerprint density at radius 1 is 1.19 bits per heavy atom. The van der Waals surface area contributed by atoms with E-state index in [0.29, 0.717) is 18.1 Å². The molecule has 0 aliphatic carbocycles. The first kappa shape index (κ1) is 17.3. The zero-order chi connectivity index (χ0) is 19.0. The molecule has 1 aliphatic heterocycles. The fraction of sp³-hybridized carbons (Fsp3) is 0.158. The normalized spacial score (nSPS) is 13.0. The van der Waals surface area contributed by atoms with Crippen LogP contribution in [0.1, 0.15) is 17.0 Å². The van der Waals surface area contributed by atoms with Crippen molar-refractivity contribution in [2.75, 3.05) is 12.0 Å². The second-order valence-corrected chi connectivity index (χ2v) is 7.11. The van der Waals surface area contributed by atoms with Gasteiger partial charge in [0, 0.05) is 0 Å². The Bertz CT molecular complexity index is 1100. The summed E-state index contributed by atoms with van der Waals surface area (Å²) in [5.74, 6) is 4.10. The van der Waals surface area contributed by atoms with Crippen LogP contribution in [-0.4, -0.2) is 48.8 Å². The van der Waals surface area contributed by atoms with Gasteiger partial charge in [-0.05, 0) is 0 Å². The number of hydrogen-bond acceptors (Lipinski definition) is 6. The zero-order valence-electron chi connectivity index (χ0n) is 14.9. The molecule has 134 valence electrons. The number of aromatic nitrogens is 4. The van der Waals surface area contributed by atoms with Crippen LogP contribution in [0.25, 0.3) is 5.69 Å². The van der Waals surface area contributed by atoms with Crippen molar-refractivity contribution in [1.82, 2.24) is 20.2 Å². The van der Waals surface area contributed by atoms with Gasteiger partial charge in [-0.3, -0.25) is 0 Å². The van der Waals surface area contributed by atoms with E-state index in [2.05, 4.69) is 31.3 Å². The van der Waals surface area contributed by atoms with Crippen molar-refractivity contribution in [3.8, 4) is 23.8 Å². The average Bonchev–Trinajstić information content (AvgIpc) is 3.13. The Morgan fingerprint density at radius 3 is 2.70 bits per heavy atom. The van der Waals surface area contributed by atoms with Crippen LogP contribution in [0, 0.1) is 19.3 Å². The molecule has 0 fully saturated rings. The molecule has 1 atom stereocenters. The van der Waals surface area contributed by atoms with Crippen molar-refractivity contribution < 1.29 is 4.74 Å². The quantitative estimate of drug-likeness (QED) is 0.476. The summed E-state index contributed by atoms with van der Waals surface area (Å²) in [6.45, 7) is 2.48. The first-order valence-corrected chi connectivity index (χ1v) is 9.46. The van der Waals surface area contributed by atoms with Crippen molar-refractivity contribution in [3.63, 3.8) is 0 Å². The molecule has 0 saturated heterocycles. The molecule has 8 heteroatoms. The summed E-state index contributed by atoms with van der Waals surface area (Å²) in [6.07, 6.45) is 5.55. The van der Waals surface area contributed by atoms with Crippen LogP contribution in [0.15, 0.2) is 41.4 Å². The van der Waals surface area contributed by atoms with Gasteiger partial charge in [-0.1, -0.05) is 0 Å². The van der Waals surface area contributed by atoms with Crippen LogP contribution in [0.5, 0.6) is 5.75 Å². The van der Waals surface area contributed by atoms with E-state index >= 15 is 0 Å². The van der Waals surface area contributed by atoms with E-state index in [1.165, 1.54) is 16.9 Å². The molecular weight excluding hydrogens is 403 g/mol. The third kappa shape index (κ3) is 3.09. The minimum atomic E-state index is 0.623. The number of terminal acetylenes is 1. The number of rotatable bonds is 3. The standard InChI is InChI=1S/C19H17AsN6O/c1-4-13-5-6-18-14(7-13)11-21-19(20)25(18)15-8-16(10-17(9-15)27-3)26-12(2)22-23-24-26/h1,5-10H,11,20H2,2-3H3. The summed E-state index contributed by atoms with van der Waals surface area (Å²) in [4.78, 5) is 6.80. The van der Waals surface area contributed by atoms with E-state index in [4.69, 9.17) is 11.2 Å². The molecule has 0 saturated carbocycles. The Kier molecular flexibility index (Phi) is 4.42. The molecule has 0 radical (unpaired) electrons. The molecule has 0 spiro atoms. The maximum absolute atomic E-state index is 5.55. The molecule has 3 aromatic rings. The van der Waals surface area contributed by atoms with E-state index in [9.17, 15) is 0 Å². The van der Waals surface area contributed by atoms with Crippen LogP contribution < -0.4 is 9.64 Å². The van der Waals surface area contributed by atoms with E-state index in [-0.39, 0.29) is 0 Å². The predicted octanol–water partition coefficient (Wildman–Crippen LogP) is 1.60. The number of aliphatic imine (C=N–C) groups is 1. The molecular formula is C19H17AsN6O. The van der Waals surface area contributed by atoms with Crippen LogP contribution in [0.2, 0.25) is 0 Å². The Morgan fingerprint density at radius 2 is 2.00 bits per heavy atom. The molecule has 0 bridgehead atoms. The number of amidine groups is 1. The van der Waals surface area contributed by atoms with E-state index in [0.717, 1.165) is 32.8 Å². The number of ether oxygens (including phenoxy) is 1. The van der Waals surface area contributed by atoms with Gasteiger partial charge in [-0.15, -0.1) is 0 Å². The summed E-state index contributed by atoms with van der Waals surface area (Å²) >= 11 is 1.45. The molecule has 2 aromatic carbocycles. The van der Waals surface area contributed by atoms with Gasteiger partial charge in [0.1, 0.15) is 0 Å². The number of hydrogen-bond donors (Lipinski definition) is 0. The van der Waals surface area contributed by atoms with Crippen LogP contribution in [0.4, 0.5) is 11.4 Å². The number of nitrogens with zero attached hydrogens (tertiary/aromatic N) is 6. The first-order chi connectivity index (χ1) is 13.1. The number of anilines is 2. The summed E-state index contributed by atoms with van der Waals surface area (Å²) in [7, 11) is 1.64. The molecule has 2 heterocycles. The van der Waals surface area contributed by atoms with Crippen LogP contribution in [-0.2, 0) is 6.54 Å². The van der Waals surface area contributed by atoms with Gasteiger partial charge >= 0.3 is 165 Å². The molecule has 1 aliphatic rings. The van der Waals surface area contributed by atoms with Crippen LogP contribution in [0.3, 0.4) is 0 Å². The molecule has 0 N–H and O–H groups in total. The summed E-state index contributed by atoms with van der Waals surface area (Å²) in [5.41, 5.74) is 4.76.